The van der Waals surface area contributed by atoms with Gasteiger partial charge in [-0.15, -0.1) is 0 Å². The fourth-order valence-electron chi connectivity index (χ4n) is 3.39. The van der Waals surface area contributed by atoms with Crippen molar-refractivity contribution in [3.05, 3.63) is 28.3 Å². The molecule has 0 aliphatic carbocycles. The Morgan fingerprint density at radius 2 is 2.15 bits per heavy atom. The van der Waals surface area contributed by atoms with E-state index in [-0.39, 0.29) is 5.82 Å². The lowest BCUT2D eigenvalue weighted by Crippen LogP contribution is -2.46. The van der Waals surface area contributed by atoms with Crippen molar-refractivity contribution in [1.82, 2.24) is 29.4 Å². The minimum atomic E-state index is -0.414. The molecule has 10 heteroatoms. The van der Waals surface area contributed by atoms with Gasteiger partial charge in [-0.2, -0.15) is 0 Å². The maximum absolute atomic E-state index is 11.0. The molecular formula is C16H27N7O2S. The van der Waals surface area contributed by atoms with Gasteiger partial charge in [0.05, 0.1) is 7.05 Å². The second-order valence-corrected chi connectivity index (χ2v) is 8.07. The highest BCUT2D eigenvalue weighted by atomic mass is 32.2. The van der Waals surface area contributed by atoms with Crippen LogP contribution in [0.1, 0.15) is 31.5 Å². The summed E-state index contributed by atoms with van der Waals surface area (Å²) in [6.45, 7) is 3.20. The average Bonchev–Trinajstić information content (AvgIpc) is 3.21. The minimum absolute atomic E-state index is 0.00140. The van der Waals surface area contributed by atoms with Crippen LogP contribution in [0.2, 0.25) is 0 Å². The van der Waals surface area contributed by atoms with E-state index in [4.69, 9.17) is 0 Å². The molecule has 0 radical (unpaired) electrons. The summed E-state index contributed by atoms with van der Waals surface area (Å²) >= 11 is 1.53. The third-order valence-corrected chi connectivity index (χ3v) is 5.93. The molecule has 0 saturated carbocycles. The Morgan fingerprint density at radius 1 is 1.42 bits per heavy atom. The van der Waals surface area contributed by atoms with Gasteiger partial charge in [-0.05, 0) is 57.2 Å². The summed E-state index contributed by atoms with van der Waals surface area (Å²) in [5.74, 6) is 1.41. The van der Waals surface area contributed by atoms with Gasteiger partial charge in [0.15, 0.2) is 0 Å². The molecule has 1 N–H and O–H groups in total. The topological polar surface area (TPSA) is 82.7 Å². The number of nitro groups is 1. The predicted octanol–water partition coefficient (Wildman–Crippen LogP) is 2.06. The molecule has 1 saturated heterocycles. The maximum atomic E-state index is 11.0. The lowest BCUT2D eigenvalue weighted by atomic mass is 9.93. The molecule has 9 nitrogen and oxygen atoms in total. The average molecular weight is 382 g/mol. The smallest absolute Gasteiger partial charge is 0.342 e. The molecule has 1 aromatic heterocycles. The molecule has 0 unspecified atom stereocenters. The van der Waals surface area contributed by atoms with Crippen molar-refractivity contribution >= 4 is 22.7 Å². The van der Waals surface area contributed by atoms with E-state index in [1.807, 2.05) is 10.7 Å². The summed E-state index contributed by atoms with van der Waals surface area (Å²) in [7, 11) is 5.92. The van der Waals surface area contributed by atoms with Crippen LogP contribution >= 0.6 is 11.9 Å². The zero-order valence-electron chi connectivity index (χ0n) is 15.6. The van der Waals surface area contributed by atoms with E-state index in [0.717, 1.165) is 30.5 Å². The van der Waals surface area contributed by atoms with Gasteiger partial charge >= 0.3 is 5.82 Å². The molecule has 0 spiro atoms. The van der Waals surface area contributed by atoms with Crippen LogP contribution < -0.4 is 5.43 Å². The van der Waals surface area contributed by atoms with Crippen molar-refractivity contribution in [2.24, 2.45) is 13.0 Å². The van der Waals surface area contributed by atoms with Crippen molar-refractivity contribution in [2.45, 2.75) is 25.7 Å². The predicted molar refractivity (Wildman–Crippen MR) is 102 cm³/mol. The molecule has 1 fully saturated rings. The third kappa shape index (κ3) is 4.37. The fraction of sp³-hybridized carbons (Fsp3) is 0.688. The molecule has 0 bridgehead atoms. The van der Waals surface area contributed by atoms with E-state index >= 15 is 0 Å². The number of hydrazine groups is 2. The largest absolute Gasteiger partial charge is 0.358 e. The van der Waals surface area contributed by atoms with Gasteiger partial charge in [0.25, 0.3) is 0 Å². The van der Waals surface area contributed by atoms with Crippen LogP contribution in [0.5, 0.6) is 0 Å². The van der Waals surface area contributed by atoms with Crippen LogP contribution in [-0.2, 0) is 7.05 Å². The van der Waals surface area contributed by atoms with Gasteiger partial charge in [0, 0.05) is 31.2 Å². The van der Waals surface area contributed by atoms with Crippen LogP contribution in [0.15, 0.2) is 12.4 Å². The molecule has 3 heterocycles. The molecule has 1 aromatic rings. The first-order valence-electron chi connectivity index (χ1n) is 8.96. The first-order valence-corrected chi connectivity index (χ1v) is 9.73. The molecule has 144 valence electrons. The molecule has 26 heavy (non-hydrogen) atoms. The SMILES string of the molecule is CN(C)CCCC1CCN(N2NC=C(c3ncc([N+](=O)[O-])n3C)S2)CC1. The number of aromatic nitrogens is 2. The number of nitrogens with one attached hydrogen (secondary N) is 1. The van der Waals surface area contributed by atoms with Crippen LogP contribution in [0.4, 0.5) is 5.82 Å². The number of hydrogen-bond acceptors (Lipinski definition) is 8. The Bertz CT molecular complexity index is 668. The van der Waals surface area contributed by atoms with E-state index < -0.39 is 4.92 Å². The van der Waals surface area contributed by atoms with Gasteiger partial charge in [-0.1, -0.05) is 4.52 Å². The Hall–Kier alpha value is -1.62. The van der Waals surface area contributed by atoms with E-state index in [2.05, 4.69) is 34.4 Å². The summed E-state index contributed by atoms with van der Waals surface area (Å²) < 4.78 is 3.53. The van der Waals surface area contributed by atoms with Gasteiger partial charge in [0.2, 0.25) is 5.82 Å². The molecule has 2 aliphatic heterocycles. The first-order chi connectivity index (χ1) is 12.5. The van der Waals surface area contributed by atoms with E-state index in [9.17, 15) is 10.1 Å². The third-order valence-electron chi connectivity index (χ3n) is 4.93. The van der Waals surface area contributed by atoms with Crippen LogP contribution in [0, 0.1) is 16.0 Å². The normalized spacial score (nSPS) is 19.8. The molecular weight excluding hydrogens is 354 g/mol. The van der Waals surface area contributed by atoms with Crippen molar-refractivity contribution in [1.29, 1.82) is 0 Å². The van der Waals surface area contributed by atoms with E-state index in [0.29, 0.717) is 5.82 Å². The van der Waals surface area contributed by atoms with Gasteiger partial charge in [-0.25, -0.2) is 14.6 Å². The summed E-state index contributed by atoms with van der Waals surface area (Å²) in [6.07, 6.45) is 8.13. The molecule has 0 amide bonds. The summed E-state index contributed by atoms with van der Waals surface area (Å²) in [5, 5.41) is 13.3. The van der Waals surface area contributed by atoms with Crippen LogP contribution in [-0.4, -0.2) is 62.6 Å². The lowest BCUT2D eigenvalue weighted by Gasteiger charge is -2.36. The number of piperidine rings is 1. The number of nitrogens with zero attached hydrogens (tertiary/aromatic N) is 6. The Morgan fingerprint density at radius 3 is 2.77 bits per heavy atom. The van der Waals surface area contributed by atoms with E-state index in [1.165, 1.54) is 48.4 Å². The quantitative estimate of drug-likeness (QED) is 0.437. The fourth-order valence-corrected chi connectivity index (χ4v) is 4.34. The summed E-state index contributed by atoms with van der Waals surface area (Å²) in [5.41, 5.74) is 3.24. The highest BCUT2D eigenvalue weighted by Crippen LogP contribution is 2.36. The van der Waals surface area contributed by atoms with Crippen molar-refractivity contribution in [3.63, 3.8) is 0 Å². The Labute approximate surface area is 158 Å². The number of rotatable bonds is 7. The summed E-state index contributed by atoms with van der Waals surface area (Å²) in [4.78, 5) is 17.9. The standard InChI is InChI=1S/C16H27N7O2S/c1-19(2)8-4-5-13-6-9-21(10-7-13)23-18-11-14(26-23)16-17-12-15(20(16)3)22(24)25/h11-13,18H,4-10H2,1-3H3. The highest BCUT2D eigenvalue weighted by Gasteiger charge is 2.30. The van der Waals surface area contributed by atoms with Crippen LogP contribution in [0.25, 0.3) is 4.91 Å². The summed E-state index contributed by atoms with van der Waals surface area (Å²) in [6, 6.07) is 0. The van der Waals surface area contributed by atoms with Gasteiger partial charge < -0.3 is 20.4 Å². The first kappa shape index (κ1) is 19.2. The monoisotopic (exact) mass is 381 g/mol. The second kappa shape index (κ2) is 8.38. The lowest BCUT2D eigenvalue weighted by molar-refractivity contribution is -0.391. The minimum Gasteiger partial charge on any atom is -0.358 e. The zero-order chi connectivity index (χ0) is 18.7. The van der Waals surface area contributed by atoms with Crippen molar-refractivity contribution in [2.75, 3.05) is 33.7 Å². The van der Waals surface area contributed by atoms with Crippen molar-refractivity contribution < 1.29 is 4.92 Å². The maximum Gasteiger partial charge on any atom is 0.342 e. The highest BCUT2D eigenvalue weighted by molar-refractivity contribution is 8.06. The van der Waals surface area contributed by atoms with Gasteiger partial charge in [-0.3, -0.25) is 0 Å². The van der Waals surface area contributed by atoms with Gasteiger partial charge in [0.1, 0.15) is 11.1 Å². The molecule has 3 rings (SSSR count). The molecule has 2 aliphatic rings. The zero-order valence-corrected chi connectivity index (χ0v) is 16.4. The number of imidazole rings is 1. The molecule has 0 aromatic carbocycles. The Balaban J connectivity index is 1.48. The Kier molecular flexibility index (Phi) is 6.17. The van der Waals surface area contributed by atoms with E-state index in [1.54, 1.807) is 7.05 Å². The van der Waals surface area contributed by atoms with Crippen LogP contribution in [0.3, 0.4) is 0 Å². The van der Waals surface area contributed by atoms with Crippen molar-refractivity contribution in [3.8, 4) is 0 Å². The molecule has 0 atom stereocenters. The number of hydrogen-bond donors (Lipinski definition) is 1. The second-order valence-electron chi connectivity index (χ2n) is 7.10.